The van der Waals surface area contributed by atoms with Crippen LogP contribution < -0.4 is 16.4 Å². The summed E-state index contributed by atoms with van der Waals surface area (Å²) in [5.74, 6) is -1.02. The number of aliphatic hydroxyl groups is 1. The zero-order valence-electron chi connectivity index (χ0n) is 25.5. The van der Waals surface area contributed by atoms with E-state index in [9.17, 15) is 24.6 Å². The molecule has 12 heteroatoms. The topological polar surface area (TPSA) is 173 Å². The van der Waals surface area contributed by atoms with Gasteiger partial charge in [0.15, 0.2) is 6.29 Å². The lowest BCUT2D eigenvalue weighted by Crippen LogP contribution is -2.31. The molecule has 4 aromatic rings. The number of benzene rings is 3. The first-order valence-electron chi connectivity index (χ1n) is 15.1. The van der Waals surface area contributed by atoms with Gasteiger partial charge in [-0.25, -0.2) is 9.78 Å². The third kappa shape index (κ3) is 9.39. The molecule has 0 bridgehead atoms. The summed E-state index contributed by atoms with van der Waals surface area (Å²) in [7, 11) is 0. The molecule has 1 saturated heterocycles. The number of nitrogens with two attached hydrogens (primary N) is 1. The predicted molar refractivity (Wildman–Crippen MR) is 179 cm³/mol. The minimum absolute atomic E-state index is 0.0607. The first-order valence-corrected chi connectivity index (χ1v) is 16.1. The van der Waals surface area contributed by atoms with Crippen LogP contribution in [0.15, 0.2) is 96.2 Å². The van der Waals surface area contributed by atoms with Crippen molar-refractivity contribution in [3.8, 4) is 0 Å². The number of ether oxygens (including phenoxy) is 2. The molecule has 6 N–H and O–H groups in total. The molecule has 3 aromatic carbocycles. The van der Waals surface area contributed by atoms with Crippen molar-refractivity contribution in [3.63, 3.8) is 0 Å². The van der Waals surface area contributed by atoms with Crippen LogP contribution in [0.25, 0.3) is 0 Å². The van der Waals surface area contributed by atoms with Crippen molar-refractivity contribution in [1.82, 2.24) is 4.98 Å². The van der Waals surface area contributed by atoms with Crippen molar-refractivity contribution in [1.29, 1.82) is 0 Å². The van der Waals surface area contributed by atoms with E-state index < -0.39 is 12.3 Å². The van der Waals surface area contributed by atoms with Gasteiger partial charge in [-0.1, -0.05) is 48.5 Å². The lowest BCUT2D eigenvalue weighted by atomic mass is 10.0. The maximum Gasteiger partial charge on any atom is 0.338 e. The molecular formula is C35H36N4O7S. The monoisotopic (exact) mass is 656 g/mol. The fraction of sp³-hybridized carbons (Fsp3) is 0.257. The Kier molecular flexibility index (Phi) is 11.6. The first-order chi connectivity index (χ1) is 22.8. The van der Waals surface area contributed by atoms with E-state index in [2.05, 4.69) is 15.6 Å². The van der Waals surface area contributed by atoms with Crippen LogP contribution in [0.3, 0.4) is 0 Å². The second-order valence-electron chi connectivity index (χ2n) is 11.0. The number of carbonyl (C=O) groups is 3. The van der Waals surface area contributed by atoms with Crippen LogP contribution in [0.2, 0.25) is 0 Å². The van der Waals surface area contributed by atoms with Crippen molar-refractivity contribution in [2.75, 3.05) is 22.1 Å². The number of nitrogens with one attached hydrogen (secondary N) is 2. The highest BCUT2D eigenvalue weighted by Crippen LogP contribution is 2.39. The highest BCUT2D eigenvalue weighted by molar-refractivity contribution is 7.99. The average molecular weight is 657 g/mol. The summed E-state index contributed by atoms with van der Waals surface area (Å²) in [6.07, 6.45) is 1.49. The van der Waals surface area contributed by atoms with E-state index in [1.807, 2.05) is 36.4 Å². The summed E-state index contributed by atoms with van der Waals surface area (Å²) in [6.45, 7) is -0.0607. The second-order valence-corrected chi connectivity index (χ2v) is 12.0. The number of para-hydroxylation sites is 2. The van der Waals surface area contributed by atoms with Crippen LogP contribution in [0, 0.1) is 0 Å². The van der Waals surface area contributed by atoms with Crippen molar-refractivity contribution in [2.45, 2.75) is 55.8 Å². The predicted octanol–water partition coefficient (Wildman–Crippen LogP) is 5.94. The van der Waals surface area contributed by atoms with Gasteiger partial charge in [0.1, 0.15) is 5.03 Å². The van der Waals surface area contributed by atoms with E-state index in [4.69, 9.17) is 15.2 Å². The normalized spacial score (nSPS) is 17.5. The number of hydrogen-bond acceptors (Lipinski definition) is 9. The molecule has 1 aliphatic heterocycles. The Morgan fingerprint density at radius 3 is 2.28 bits per heavy atom. The molecule has 0 saturated carbocycles. The molecule has 2 amide bonds. The summed E-state index contributed by atoms with van der Waals surface area (Å²) < 4.78 is 12.7. The van der Waals surface area contributed by atoms with E-state index in [1.54, 1.807) is 48.7 Å². The SMILES string of the molecule is Nc1ccccc1NC(=O)CCCC(=O)Nc1ccc(C2OC(CSc3ncccc3C(=O)O)CC(c3ccc(CO)cc3)O2)cc1. The summed E-state index contributed by atoms with van der Waals surface area (Å²) in [6, 6.07) is 24.8. The highest BCUT2D eigenvalue weighted by Gasteiger charge is 2.32. The summed E-state index contributed by atoms with van der Waals surface area (Å²) in [5, 5.41) is 25.1. The molecule has 1 aromatic heterocycles. The lowest BCUT2D eigenvalue weighted by Gasteiger charge is -2.36. The number of aliphatic hydroxyl groups excluding tert-OH is 1. The van der Waals surface area contributed by atoms with E-state index in [1.165, 1.54) is 17.8 Å². The molecule has 5 rings (SSSR count). The number of carboxylic acids is 1. The largest absolute Gasteiger partial charge is 0.478 e. The fourth-order valence-corrected chi connectivity index (χ4v) is 6.05. The second kappa shape index (κ2) is 16.2. The molecule has 2 heterocycles. The van der Waals surface area contributed by atoms with Crippen LogP contribution in [-0.2, 0) is 25.7 Å². The van der Waals surface area contributed by atoms with Gasteiger partial charge >= 0.3 is 5.97 Å². The van der Waals surface area contributed by atoms with Crippen LogP contribution in [0.5, 0.6) is 0 Å². The van der Waals surface area contributed by atoms with Gasteiger partial charge in [0.2, 0.25) is 11.8 Å². The van der Waals surface area contributed by atoms with Gasteiger partial charge in [0.25, 0.3) is 0 Å². The van der Waals surface area contributed by atoms with Crippen molar-refractivity contribution < 1.29 is 34.1 Å². The van der Waals surface area contributed by atoms with Crippen LogP contribution in [0.4, 0.5) is 17.1 Å². The van der Waals surface area contributed by atoms with E-state index >= 15 is 0 Å². The number of aromatic nitrogens is 1. The summed E-state index contributed by atoms with van der Waals surface area (Å²) in [4.78, 5) is 40.7. The quantitative estimate of drug-likeness (QED) is 0.0856. The minimum Gasteiger partial charge on any atom is -0.478 e. The number of anilines is 3. The van der Waals surface area contributed by atoms with Crippen LogP contribution in [0.1, 0.15) is 65.1 Å². The van der Waals surface area contributed by atoms with Gasteiger partial charge in [-0.3, -0.25) is 9.59 Å². The molecule has 0 aliphatic carbocycles. The van der Waals surface area contributed by atoms with Gasteiger partial charge in [-0.05, 0) is 53.9 Å². The number of amides is 2. The highest BCUT2D eigenvalue weighted by atomic mass is 32.2. The number of pyridine rings is 1. The van der Waals surface area contributed by atoms with Gasteiger partial charge in [0, 0.05) is 42.5 Å². The third-order valence-electron chi connectivity index (χ3n) is 7.53. The summed E-state index contributed by atoms with van der Waals surface area (Å²) >= 11 is 1.32. The average Bonchev–Trinajstić information content (AvgIpc) is 3.08. The molecule has 0 spiro atoms. The van der Waals surface area contributed by atoms with Crippen molar-refractivity contribution >= 4 is 46.6 Å². The van der Waals surface area contributed by atoms with E-state index in [-0.39, 0.29) is 49.0 Å². The number of thioether (sulfide) groups is 1. The van der Waals surface area contributed by atoms with Crippen molar-refractivity contribution in [3.05, 3.63) is 113 Å². The Labute approximate surface area is 276 Å². The number of rotatable bonds is 13. The Morgan fingerprint density at radius 1 is 0.872 bits per heavy atom. The minimum atomic E-state index is -1.04. The Bertz CT molecular complexity index is 1680. The number of hydrogen-bond donors (Lipinski definition) is 5. The molecule has 47 heavy (non-hydrogen) atoms. The molecule has 0 radical (unpaired) electrons. The van der Waals surface area contributed by atoms with Crippen LogP contribution in [-0.4, -0.2) is 44.8 Å². The maximum absolute atomic E-state index is 12.6. The summed E-state index contributed by atoms with van der Waals surface area (Å²) in [5.41, 5.74) is 10.1. The number of nitrogen functional groups attached to an aromatic ring is 1. The Morgan fingerprint density at radius 2 is 1.57 bits per heavy atom. The van der Waals surface area contributed by atoms with E-state index in [0.29, 0.717) is 40.7 Å². The fourth-order valence-electron chi connectivity index (χ4n) is 5.04. The van der Waals surface area contributed by atoms with Gasteiger partial charge in [-0.15, -0.1) is 11.8 Å². The zero-order valence-corrected chi connectivity index (χ0v) is 26.3. The smallest absolute Gasteiger partial charge is 0.338 e. The molecular weight excluding hydrogens is 620 g/mol. The van der Waals surface area contributed by atoms with Gasteiger partial charge < -0.3 is 36.1 Å². The van der Waals surface area contributed by atoms with Crippen LogP contribution >= 0.6 is 11.8 Å². The first kappa shape index (κ1) is 33.6. The number of carbonyl (C=O) groups excluding carboxylic acids is 2. The maximum atomic E-state index is 12.6. The number of nitrogens with zero attached hydrogens (tertiary/aromatic N) is 1. The van der Waals surface area contributed by atoms with E-state index in [0.717, 1.165) is 16.7 Å². The van der Waals surface area contributed by atoms with Gasteiger partial charge in [-0.2, -0.15) is 0 Å². The molecule has 244 valence electrons. The zero-order chi connectivity index (χ0) is 33.2. The molecule has 3 atom stereocenters. The Balaban J connectivity index is 1.19. The molecule has 1 fully saturated rings. The Hall–Kier alpha value is -4.75. The lowest BCUT2D eigenvalue weighted by molar-refractivity contribution is -0.245. The van der Waals surface area contributed by atoms with Gasteiger partial charge in [0.05, 0.1) is 35.8 Å². The van der Waals surface area contributed by atoms with Crippen molar-refractivity contribution in [2.24, 2.45) is 0 Å². The molecule has 11 nitrogen and oxygen atoms in total. The third-order valence-corrected chi connectivity index (χ3v) is 8.67. The molecule has 3 unspecified atom stereocenters. The number of aromatic carboxylic acids is 1. The standard InChI is InChI=1S/C35H36N4O7S/c36-28-6-1-2-7-29(28)39-32(42)9-3-8-31(41)38-25-16-14-24(15-17-25)35-45-26(21-47-33-27(34(43)44)5-4-18-37-33)19-30(46-35)23-12-10-22(20-40)11-13-23/h1-2,4-7,10-18,26,30,35,40H,3,8-9,19-21,36H2,(H,38,41)(H,39,42)(H,43,44). The molecule has 1 aliphatic rings. The number of carboxylic acid groups (broad SMARTS) is 1.